The van der Waals surface area contributed by atoms with Crippen LogP contribution in [0.2, 0.25) is 0 Å². The van der Waals surface area contributed by atoms with Gasteiger partial charge in [0.15, 0.2) is 0 Å². The molecule has 4 nitrogen and oxygen atoms in total. The predicted octanol–water partition coefficient (Wildman–Crippen LogP) is 3.00. The minimum Gasteiger partial charge on any atom is -0.489 e. The van der Waals surface area contributed by atoms with E-state index in [1.807, 2.05) is 26.8 Å². The van der Waals surface area contributed by atoms with Crippen molar-refractivity contribution in [2.75, 3.05) is 18.9 Å². The average molecular weight is 390 g/mol. The van der Waals surface area contributed by atoms with Crippen molar-refractivity contribution in [1.82, 2.24) is 5.32 Å². The Morgan fingerprint density at radius 3 is 2.50 bits per heavy atom. The summed E-state index contributed by atoms with van der Waals surface area (Å²) in [4.78, 5) is 0. The largest absolute Gasteiger partial charge is 0.489 e. The lowest BCUT2D eigenvalue weighted by molar-refractivity contribution is 0.100. The fourth-order valence-electron chi connectivity index (χ4n) is 1.30. The Kier molecular flexibility index (Phi) is 10.7. The smallest absolute Gasteiger partial charge is 0.143 e. The lowest BCUT2D eigenvalue weighted by Crippen LogP contribution is -2.42. The highest BCUT2D eigenvalue weighted by Gasteiger charge is 2.13. The average Bonchev–Trinajstić information content (AvgIpc) is 2.26. The molecule has 0 saturated heterocycles. The summed E-state index contributed by atoms with van der Waals surface area (Å²) >= 11 is 3.35. The molecule has 0 spiro atoms. The van der Waals surface area contributed by atoms with Gasteiger partial charge in [-0.1, -0.05) is 15.9 Å². The monoisotopic (exact) mass is 388 g/mol. The van der Waals surface area contributed by atoms with Crippen molar-refractivity contribution in [3.8, 4) is 5.75 Å². The molecule has 1 aromatic rings. The summed E-state index contributed by atoms with van der Waals surface area (Å²) in [5.74, 6) is 0.583. The zero-order valence-corrected chi connectivity index (χ0v) is 15.1. The highest BCUT2D eigenvalue weighted by atomic mass is 79.9. The lowest BCUT2D eigenvalue weighted by Gasteiger charge is -2.23. The molecule has 0 aliphatic carbocycles. The molecule has 20 heavy (non-hydrogen) atoms. The van der Waals surface area contributed by atoms with Gasteiger partial charge >= 0.3 is 0 Å². The maximum Gasteiger partial charge on any atom is 0.143 e. The molecule has 0 aliphatic rings. The summed E-state index contributed by atoms with van der Waals surface area (Å²) in [6.45, 7) is 6.84. The van der Waals surface area contributed by atoms with E-state index in [-0.39, 0.29) is 37.0 Å². The van der Waals surface area contributed by atoms with Gasteiger partial charge in [0.25, 0.3) is 0 Å². The highest BCUT2D eigenvalue weighted by Crippen LogP contribution is 2.25. The number of nitrogens with one attached hydrogen (secondary N) is 1. The first-order valence-electron chi connectivity index (χ1n) is 5.89. The molecule has 1 rings (SSSR count). The minimum absolute atomic E-state index is 0. The number of β-amino-alcohol motifs (C(OH)–C–C–N with tert-alkyl or cyclic N) is 1. The Labute approximate surface area is 141 Å². The second-order valence-corrected chi connectivity index (χ2v) is 6.19. The maximum absolute atomic E-state index is 9.79. The van der Waals surface area contributed by atoms with E-state index < -0.39 is 6.10 Å². The summed E-state index contributed by atoms with van der Waals surface area (Å²) in [5, 5.41) is 13.0. The van der Waals surface area contributed by atoms with Crippen LogP contribution in [0.3, 0.4) is 0 Å². The molecule has 0 bridgehead atoms. The fraction of sp³-hybridized carbons (Fsp3) is 0.538. The van der Waals surface area contributed by atoms with Crippen molar-refractivity contribution < 1.29 is 9.84 Å². The van der Waals surface area contributed by atoms with Crippen LogP contribution in [0.15, 0.2) is 22.7 Å². The van der Waals surface area contributed by atoms with E-state index in [1.165, 1.54) is 0 Å². The minimum atomic E-state index is -0.567. The van der Waals surface area contributed by atoms with Crippen LogP contribution in [-0.2, 0) is 0 Å². The summed E-state index contributed by atoms with van der Waals surface area (Å²) in [7, 11) is 0. The number of benzene rings is 1. The molecule has 0 radical (unpaired) electrons. The molecule has 7 heteroatoms. The van der Waals surface area contributed by atoms with Gasteiger partial charge in [-0.2, -0.15) is 0 Å². The molecule has 1 atom stereocenters. The molecular weight excluding hydrogens is 367 g/mol. The Balaban J connectivity index is 0. The Bertz CT molecular complexity index is 400. The molecule has 118 valence electrons. The number of nitrogens with two attached hydrogens (primary N) is 1. The van der Waals surface area contributed by atoms with Gasteiger partial charge < -0.3 is 20.9 Å². The molecule has 4 N–H and O–H groups in total. The number of hydrogen-bond acceptors (Lipinski definition) is 4. The lowest BCUT2D eigenvalue weighted by atomic mass is 10.1. The van der Waals surface area contributed by atoms with E-state index in [9.17, 15) is 5.11 Å². The third kappa shape index (κ3) is 8.87. The first kappa shape index (κ1) is 22.1. The highest BCUT2D eigenvalue weighted by molar-refractivity contribution is 9.10. The van der Waals surface area contributed by atoms with Crippen LogP contribution in [0.5, 0.6) is 5.75 Å². The molecule has 0 heterocycles. The van der Waals surface area contributed by atoms with Crippen molar-refractivity contribution in [3.05, 3.63) is 22.7 Å². The quantitative estimate of drug-likeness (QED) is 0.677. The number of halogens is 3. The van der Waals surface area contributed by atoms with Gasteiger partial charge in [-0.3, -0.25) is 0 Å². The van der Waals surface area contributed by atoms with Crippen molar-refractivity contribution in [2.24, 2.45) is 0 Å². The van der Waals surface area contributed by atoms with Gasteiger partial charge in [-0.05, 0) is 39.0 Å². The predicted molar refractivity (Wildman–Crippen MR) is 92.3 cm³/mol. The fourth-order valence-corrected chi connectivity index (χ4v) is 1.64. The Hall–Kier alpha value is -0.200. The van der Waals surface area contributed by atoms with Gasteiger partial charge in [0.2, 0.25) is 0 Å². The summed E-state index contributed by atoms with van der Waals surface area (Å²) in [6, 6.07) is 5.40. The van der Waals surface area contributed by atoms with Crippen LogP contribution in [-0.4, -0.2) is 29.9 Å². The topological polar surface area (TPSA) is 67.5 Å². The normalized spacial score (nSPS) is 12.1. The SMILES string of the molecule is CC(C)(C)NCC(O)COc1cc(Br)ccc1N.Cl.Cl. The second kappa shape index (κ2) is 9.68. The number of hydrogen-bond donors (Lipinski definition) is 3. The molecule has 0 saturated carbocycles. The molecule has 1 aromatic carbocycles. The molecule has 0 aromatic heterocycles. The number of ether oxygens (including phenoxy) is 1. The molecule has 0 amide bonds. The third-order valence-electron chi connectivity index (χ3n) is 2.27. The van der Waals surface area contributed by atoms with Crippen LogP contribution in [0.25, 0.3) is 0 Å². The summed E-state index contributed by atoms with van der Waals surface area (Å²) < 4.78 is 6.40. The van der Waals surface area contributed by atoms with E-state index in [1.54, 1.807) is 12.1 Å². The van der Waals surface area contributed by atoms with Gasteiger partial charge in [-0.25, -0.2) is 0 Å². The second-order valence-electron chi connectivity index (χ2n) is 5.28. The van der Waals surface area contributed by atoms with Crippen molar-refractivity contribution in [1.29, 1.82) is 0 Å². The van der Waals surface area contributed by atoms with Gasteiger partial charge in [-0.15, -0.1) is 24.8 Å². The first-order valence-corrected chi connectivity index (χ1v) is 6.68. The Morgan fingerprint density at radius 2 is 1.95 bits per heavy atom. The maximum atomic E-state index is 9.79. The third-order valence-corrected chi connectivity index (χ3v) is 2.77. The van der Waals surface area contributed by atoms with Crippen LogP contribution < -0.4 is 15.8 Å². The number of nitrogen functional groups attached to an aromatic ring is 1. The van der Waals surface area contributed by atoms with E-state index in [0.717, 1.165) is 4.47 Å². The van der Waals surface area contributed by atoms with Crippen LogP contribution in [0, 0.1) is 0 Å². The van der Waals surface area contributed by atoms with Gasteiger partial charge in [0, 0.05) is 16.6 Å². The molecular formula is C13H23BrCl2N2O2. The van der Waals surface area contributed by atoms with Crippen molar-refractivity contribution >= 4 is 46.4 Å². The van der Waals surface area contributed by atoms with E-state index in [2.05, 4.69) is 21.2 Å². The standard InChI is InChI=1S/C13H21BrN2O2.2ClH/c1-13(2,3)16-7-10(17)8-18-12-6-9(14)4-5-11(12)15;;/h4-6,10,16-17H,7-8,15H2,1-3H3;2*1H. The molecule has 0 aliphatic heterocycles. The number of rotatable bonds is 5. The van der Waals surface area contributed by atoms with Gasteiger partial charge in [0.1, 0.15) is 18.5 Å². The zero-order chi connectivity index (χ0) is 13.8. The number of aliphatic hydroxyl groups excluding tert-OH is 1. The zero-order valence-electron chi connectivity index (χ0n) is 11.9. The van der Waals surface area contributed by atoms with Crippen LogP contribution in [0.4, 0.5) is 5.69 Å². The van der Waals surface area contributed by atoms with E-state index in [4.69, 9.17) is 10.5 Å². The van der Waals surface area contributed by atoms with Crippen molar-refractivity contribution in [2.45, 2.75) is 32.4 Å². The first-order chi connectivity index (χ1) is 8.28. The summed E-state index contributed by atoms with van der Waals surface area (Å²) in [5.41, 5.74) is 6.32. The van der Waals surface area contributed by atoms with Crippen molar-refractivity contribution in [3.63, 3.8) is 0 Å². The molecule has 0 fully saturated rings. The number of aliphatic hydroxyl groups is 1. The van der Waals surface area contributed by atoms with Crippen LogP contribution >= 0.6 is 40.7 Å². The van der Waals surface area contributed by atoms with Crippen LogP contribution in [0.1, 0.15) is 20.8 Å². The van der Waals surface area contributed by atoms with Gasteiger partial charge in [0.05, 0.1) is 5.69 Å². The number of anilines is 1. The van der Waals surface area contributed by atoms with E-state index in [0.29, 0.717) is 18.0 Å². The summed E-state index contributed by atoms with van der Waals surface area (Å²) in [6.07, 6.45) is -0.567. The Morgan fingerprint density at radius 1 is 1.35 bits per heavy atom. The van der Waals surface area contributed by atoms with E-state index >= 15 is 0 Å². The molecule has 1 unspecified atom stereocenters.